The Balaban J connectivity index is -0.0000000137. The van der Waals surface area contributed by atoms with Crippen LogP contribution in [0.3, 0.4) is 0 Å². The van der Waals surface area contributed by atoms with Gasteiger partial charge in [-0.2, -0.15) is 0 Å². The zero-order valence-corrected chi connectivity index (χ0v) is 16.6. The van der Waals surface area contributed by atoms with E-state index in [0.29, 0.717) is 5.41 Å². The van der Waals surface area contributed by atoms with Gasteiger partial charge in [0, 0.05) is 63.6 Å². The molecule has 1 heterocycles. The molecular formula is C15H9Co3O10-. The first-order valence-electron chi connectivity index (χ1n) is 4.58. The van der Waals surface area contributed by atoms with Gasteiger partial charge in [-0.1, -0.05) is 6.42 Å². The summed E-state index contributed by atoms with van der Waals surface area (Å²) < 4.78 is 72.6. The van der Waals surface area contributed by atoms with Crippen LogP contribution in [-0.4, -0.2) is 13.2 Å². The third-order valence-electron chi connectivity index (χ3n) is 2.07. The van der Waals surface area contributed by atoms with E-state index in [1.807, 2.05) is 0 Å². The van der Waals surface area contributed by atoms with Gasteiger partial charge in [-0.15, -0.1) is 5.41 Å². The van der Waals surface area contributed by atoms with Crippen molar-refractivity contribution < 1.29 is 96.9 Å². The SMILES string of the molecule is [C-]#[O+].[C-]#[O+].[C-]#[O+].[C-]#[O+].[C-]#[O+].[C-]#[O+].[C-]#[O+].[C-]#[O+].[C-]#[O+].[CH2-][C@@]12COC[C@H]1C2.[Co].[Co].[Co]. The molecule has 157 valence electrons. The van der Waals surface area contributed by atoms with Crippen molar-refractivity contribution in [3.63, 3.8) is 0 Å². The molecule has 2 rings (SSSR count). The molecule has 0 aromatic rings. The number of hydrogen-bond acceptors (Lipinski definition) is 1. The minimum absolute atomic E-state index is 0. The summed E-state index contributed by atoms with van der Waals surface area (Å²) in [5.74, 6) is 0.826. The Morgan fingerprint density at radius 1 is 0.571 bits per heavy atom. The molecule has 10 nitrogen and oxygen atoms in total. The summed E-state index contributed by atoms with van der Waals surface area (Å²) in [4.78, 5) is 0. The van der Waals surface area contributed by atoms with Gasteiger partial charge in [0.25, 0.3) is 0 Å². The third kappa shape index (κ3) is 63.9. The van der Waals surface area contributed by atoms with Gasteiger partial charge in [0.05, 0.1) is 0 Å². The predicted octanol–water partition coefficient (Wildman–Crippen LogP) is 0.512. The molecule has 1 saturated carbocycles. The maximum atomic E-state index is 7.50. The average Bonchev–Trinajstić information content (AvgIpc) is 3.30. The van der Waals surface area contributed by atoms with Gasteiger partial charge in [0.2, 0.25) is 0 Å². The van der Waals surface area contributed by atoms with Crippen molar-refractivity contribution in [2.24, 2.45) is 11.3 Å². The van der Waals surface area contributed by atoms with Gasteiger partial charge in [0.1, 0.15) is 0 Å². The normalized spacial score (nSPS) is 14.9. The average molecular weight is 526 g/mol. The van der Waals surface area contributed by atoms with Crippen molar-refractivity contribution in [1.29, 1.82) is 0 Å². The molecule has 2 atom stereocenters. The summed E-state index contributed by atoms with van der Waals surface area (Å²) in [7, 11) is 0. The maximum Gasteiger partial charge on any atom is 0.0473 e. The smallest absolute Gasteiger partial charge is 0.0473 e. The first-order valence-corrected chi connectivity index (χ1v) is 4.58. The zero-order chi connectivity index (χ0) is 22.9. The molecule has 2 aliphatic rings. The molecule has 0 unspecified atom stereocenters. The Kier molecular flexibility index (Phi) is 285. The fourth-order valence-corrected chi connectivity index (χ4v) is 1.25. The van der Waals surface area contributed by atoms with Crippen LogP contribution in [0.4, 0.5) is 0 Å². The van der Waals surface area contributed by atoms with E-state index in [0.717, 1.165) is 19.1 Å². The van der Waals surface area contributed by atoms with Gasteiger partial charge < -0.3 is 11.7 Å². The summed E-state index contributed by atoms with van der Waals surface area (Å²) >= 11 is 0. The fourth-order valence-electron chi connectivity index (χ4n) is 1.25. The molecular weight excluding hydrogens is 517 g/mol. The largest absolute Gasteiger partial charge is 0.383 e. The van der Waals surface area contributed by atoms with Crippen molar-refractivity contribution in [1.82, 2.24) is 0 Å². The molecule has 1 aliphatic carbocycles. The summed E-state index contributed by atoms with van der Waals surface area (Å²) in [5, 5.41) is 0. The second-order valence-corrected chi connectivity index (χ2v) is 2.78. The predicted molar refractivity (Wildman–Crippen MR) is 62.1 cm³/mol. The second kappa shape index (κ2) is 112. The van der Waals surface area contributed by atoms with Crippen LogP contribution in [-0.2, 0) is 96.9 Å². The molecule has 0 aromatic carbocycles. The summed E-state index contributed by atoms with van der Waals surface area (Å²) in [5.41, 5.74) is 0.389. The molecule has 0 N–H and O–H groups in total. The quantitative estimate of drug-likeness (QED) is 0.323. The van der Waals surface area contributed by atoms with E-state index in [2.05, 4.69) is 66.8 Å². The fraction of sp³-hybridized carbons (Fsp3) is 0.333. The second-order valence-electron chi connectivity index (χ2n) is 2.78. The van der Waals surface area contributed by atoms with Crippen LogP contribution < -0.4 is 0 Å². The Labute approximate surface area is 194 Å². The standard InChI is InChI=1S/C6H9O.9CO.3Co/c1-6-2-5(6)3-7-4-6;9*1-2;;;/h5H,1-4H2;;;;;;;;;;;;/q-1;;;;;;;;;;;;/t5-,6-;;;;;;;;;;;;/m1............/s1. The Bertz CT molecular complexity index is 333. The van der Waals surface area contributed by atoms with Crippen LogP contribution in [0.15, 0.2) is 0 Å². The molecule has 0 aromatic heterocycles. The van der Waals surface area contributed by atoms with E-state index in [1.165, 1.54) is 6.42 Å². The number of ether oxygens (including phenoxy) is 1. The molecule has 1 aliphatic heterocycles. The van der Waals surface area contributed by atoms with E-state index in [4.69, 9.17) is 46.6 Å². The Morgan fingerprint density at radius 3 is 0.821 bits per heavy atom. The van der Waals surface area contributed by atoms with Crippen molar-refractivity contribution in [3.05, 3.63) is 66.8 Å². The molecule has 2 fully saturated rings. The number of hydrogen-bond donors (Lipinski definition) is 0. The molecule has 0 spiro atoms. The summed E-state index contributed by atoms with van der Waals surface area (Å²) in [6, 6.07) is 0. The molecule has 0 bridgehead atoms. The van der Waals surface area contributed by atoms with Crippen LogP contribution in [0.5, 0.6) is 0 Å². The van der Waals surface area contributed by atoms with E-state index in [9.17, 15) is 0 Å². The van der Waals surface area contributed by atoms with Gasteiger partial charge in [-0.25, -0.2) is 0 Å². The molecule has 13 heteroatoms. The molecule has 0 amide bonds. The van der Waals surface area contributed by atoms with Gasteiger partial charge in [-0.3, -0.25) is 0 Å². The molecule has 28 heavy (non-hydrogen) atoms. The Hall–Kier alpha value is -0.861. The van der Waals surface area contributed by atoms with Crippen molar-refractivity contribution >= 4 is 0 Å². The third-order valence-corrected chi connectivity index (χ3v) is 2.07. The van der Waals surface area contributed by atoms with Crippen LogP contribution in [0.25, 0.3) is 0 Å². The number of fused-ring (bicyclic) bond motifs is 1. The minimum atomic E-state index is 0. The van der Waals surface area contributed by atoms with Crippen molar-refractivity contribution in [2.75, 3.05) is 13.2 Å². The topological polar surface area (TPSA) is 188 Å². The number of rotatable bonds is 0. The van der Waals surface area contributed by atoms with Crippen molar-refractivity contribution in [3.8, 4) is 0 Å². The van der Waals surface area contributed by atoms with Crippen LogP contribution >= 0.6 is 0 Å². The first-order chi connectivity index (χ1) is 12.3. The van der Waals surface area contributed by atoms with Crippen LogP contribution in [0.1, 0.15) is 6.42 Å². The first kappa shape index (κ1) is 71.2. The van der Waals surface area contributed by atoms with Crippen LogP contribution in [0.2, 0.25) is 0 Å². The summed E-state index contributed by atoms with van der Waals surface area (Å²) in [6.45, 7) is 46.4. The van der Waals surface area contributed by atoms with E-state index in [1.54, 1.807) is 0 Å². The maximum absolute atomic E-state index is 7.50. The van der Waals surface area contributed by atoms with Gasteiger partial charge >= 0.3 is 102 Å². The summed E-state index contributed by atoms with van der Waals surface area (Å²) in [6.07, 6.45) is 1.31. The molecule has 3 radical (unpaired) electrons. The zero-order valence-electron chi connectivity index (χ0n) is 13.5. The van der Waals surface area contributed by atoms with E-state index in [-0.39, 0.29) is 50.3 Å². The minimum Gasteiger partial charge on any atom is -0.383 e. The van der Waals surface area contributed by atoms with Crippen LogP contribution in [0, 0.1) is 78.1 Å². The molecule has 1 saturated heterocycles. The van der Waals surface area contributed by atoms with E-state index >= 15 is 0 Å². The van der Waals surface area contributed by atoms with Gasteiger partial charge in [-0.05, 0) is 5.92 Å². The van der Waals surface area contributed by atoms with Gasteiger partial charge in [0.15, 0.2) is 0 Å². The van der Waals surface area contributed by atoms with E-state index < -0.39 is 0 Å². The monoisotopic (exact) mass is 526 g/mol. The van der Waals surface area contributed by atoms with Crippen molar-refractivity contribution in [2.45, 2.75) is 6.42 Å². The Morgan fingerprint density at radius 2 is 0.786 bits per heavy atom.